The zero-order chi connectivity index (χ0) is 9.10. The van der Waals surface area contributed by atoms with Crippen molar-refractivity contribution >= 4 is 27.3 Å². The molecule has 0 saturated carbocycles. The summed E-state index contributed by atoms with van der Waals surface area (Å²) in [5.41, 5.74) is 0. The zero-order valence-corrected chi connectivity index (χ0v) is 9.01. The number of rotatable bonds is 2. The molecule has 0 amide bonds. The van der Waals surface area contributed by atoms with Gasteiger partial charge in [0, 0.05) is 0 Å². The first-order valence-electron chi connectivity index (χ1n) is 3.69. The van der Waals surface area contributed by atoms with Crippen LogP contribution in [0, 0.1) is 0 Å². The van der Waals surface area contributed by atoms with Crippen molar-refractivity contribution in [1.82, 2.24) is 4.98 Å². The summed E-state index contributed by atoms with van der Waals surface area (Å²) in [7, 11) is 0. The lowest BCUT2D eigenvalue weighted by atomic mass is 10.3. The van der Waals surface area contributed by atoms with Gasteiger partial charge in [-0.1, -0.05) is 29.5 Å². The maximum atomic E-state index is 5.48. The molecule has 0 aliphatic carbocycles. The molecule has 0 bridgehead atoms. The van der Waals surface area contributed by atoms with Gasteiger partial charge in [0.05, 0.1) is 9.98 Å². The van der Waals surface area contributed by atoms with E-state index in [-0.39, 0.29) is 0 Å². The Hall–Kier alpha value is -0.870. The van der Waals surface area contributed by atoms with Gasteiger partial charge in [-0.3, -0.25) is 0 Å². The van der Waals surface area contributed by atoms with Gasteiger partial charge < -0.3 is 4.74 Å². The number of thiazole rings is 1. The minimum absolute atomic E-state index is 0.651. The summed E-state index contributed by atoms with van der Waals surface area (Å²) >= 11 is 4.79. The Morgan fingerprint density at radius 1 is 1.23 bits per heavy atom. The predicted octanol–water partition coefficient (Wildman–Crippen LogP) is 3.70. The number of aromatic nitrogens is 1. The molecule has 0 aliphatic rings. The van der Waals surface area contributed by atoms with Crippen LogP contribution in [0.3, 0.4) is 0 Å². The lowest BCUT2D eigenvalue weighted by Gasteiger charge is -1.98. The lowest BCUT2D eigenvalue weighted by Crippen LogP contribution is -1.80. The van der Waals surface area contributed by atoms with Crippen molar-refractivity contribution in [3.63, 3.8) is 0 Å². The van der Waals surface area contributed by atoms with Gasteiger partial charge in [-0.05, 0) is 28.1 Å². The molecule has 0 fully saturated rings. The quantitative estimate of drug-likeness (QED) is 0.817. The van der Waals surface area contributed by atoms with Crippen LogP contribution < -0.4 is 4.74 Å². The Balaban J connectivity index is 2.15. The van der Waals surface area contributed by atoms with Crippen molar-refractivity contribution in [3.05, 3.63) is 40.3 Å². The zero-order valence-electron chi connectivity index (χ0n) is 6.61. The van der Waals surface area contributed by atoms with Gasteiger partial charge in [-0.25, -0.2) is 4.98 Å². The third-order valence-corrected chi connectivity index (χ3v) is 2.76. The summed E-state index contributed by atoms with van der Waals surface area (Å²) in [6.07, 6.45) is 1.73. The van der Waals surface area contributed by atoms with E-state index in [0.29, 0.717) is 5.19 Å². The molecule has 66 valence electrons. The van der Waals surface area contributed by atoms with Crippen LogP contribution in [0.2, 0.25) is 0 Å². The number of nitrogens with zero attached hydrogens (tertiary/aromatic N) is 1. The van der Waals surface area contributed by atoms with Crippen molar-refractivity contribution in [2.24, 2.45) is 0 Å². The highest BCUT2D eigenvalue weighted by Gasteiger charge is 2.00. The van der Waals surface area contributed by atoms with E-state index in [1.165, 1.54) is 11.3 Å². The molecule has 0 aliphatic heterocycles. The van der Waals surface area contributed by atoms with Crippen LogP contribution in [0.25, 0.3) is 0 Å². The second-order valence-corrected chi connectivity index (χ2v) is 4.72. The first-order chi connectivity index (χ1) is 6.34. The van der Waals surface area contributed by atoms with Crippen molar-refractivity contribution in [2.45, 2.75) is 0 Å². The van der Waals surface area contributed by atoms with E-state index < -0.39 is 0 Å². The molecular formula is C9H6BrNOS. The molecule has 2 nitrogen and oxygen atoms in total. The fraction of sp³-hybridized carbons (Fsp3) is 0. The fourth-order valence-electron chi connectivity index (χ4n) is 0.876. The minimum atomic E-state index is 0.651. The van der Waals surface area contributed by atoms with Crippen LogP contribution in [-0.2, 0) is 0 Å². The molecule has 1 aromatic heterocycles. The highest BCUT2D eigenvalue weighted by atomic mass is 79.9. The molecule has 1 heterocycles. The van der Waals surface area contributed by atoms with Gasteiger partial charge in [0.25, 0.3) is 5.19 Å². The Bertz CT molecular complexity index is 388. The van der Waals surface area contributed by atoms with E-state index in [1.54, 1.807) is 6.20 Å². The molecule has 0 unspecified atom stereocenters. The topological polar surface area (TPSA) is 22.1 Å². The summed E-state index contributed by atoms with van der Waals surface area (Å²) in [5, 5.41) is 0.651. The molecule has 0 radical (unpaired) electrons. The molecule has 0 spiro atoms. The SMILES string of the molecule is Brc1cnc(Oc2ccccc2)s1. The van der Waals surface area contributed by atoms with Gasteiger partial charge in [0.15, 0.2) is 0 Å². The highest BCUT2D eigenvalue weighted by molar-refractivity contribution is 9.11. The summed E-state index contributed by atoms with van der Waals surface area (Å²) < 4.78 is 6.45. The largest absolute Gasteiger partial charge is 0.431 e. The molecule has 2 rings (SSSR count). The van der Waals surface area contributed by atoms with Gasteiger partial charge >= 0.3 is 0 Å². The number of hydrogen-bond acceptors (Lipinski definition) is 3. The van der Waals surface area contributed by atoms with Crippen LogP contribution >= 0.6 is 27.3 Å². The Kier molecular flexibility index (Phi) is 2.61. The maximum Gasteiger partial charge on any atom is 0.279 e. The summed E-state index contributed by atoms with van der Waals surface area (Å²) in [6, 6.07) is 9.60. The molecule has 2 aromatic rings. The monoisotopic (exact) mass is 255 g/mol. The molecular weight excluding hydrogens is 250 g/mol. The molecule has 0 saturated heterocycles. The van der Waals surface area contributed by atoms with E-state index >= 15 is 0 Å². The third-order valence-electron chi connectivity index (χ3n) is 1.40. The van der Waals surface area contributed by atoms with Crippen molar-refractivity contribution < 1.29 is 4.74 Å². The van der Waals surface area contributed by atoms with Crippen LogP contribution in [0.1, 0.15) is 0 Å². The average Bonchev–Trinajstić information content (AvgIpc) is 2.53. The predicted molar refractivity (Wildman–Crippen MR) is 56.3 cm³/mol. The molecule has 1 aromatic carbocycles. The molecule has 4 heteroatoms. The number of halogens is 1. The van der Waals surface area contributed by atoms with Crippen LogP contribution in [0.5, 0.6) is 10.9 Å². The first kappa shape index (κ1) is 8.72. The van der Waals surface area contributed by atoms with E-state index in [1.807, 2.05) is 30.3 Å². The van der Waals surface area contributed by atoms with E-state index in [9.17, 15) is 0 Å². The first-order valence-corrected chi connectivity index (χ1v) is 5.30. The fourth-order valence-corrected chi connectivity index (χ4v) is 1.91. The number of para-hydroxylation sites is 1. The average molecular weight is 256 g/mol. The van der Waals surface area contributed by atoms with Gasteiger partial charge in [0.2, 0.25) is 0 Å². The second-order valence-electron chi connectivity index (χ2n) is 2.35. The standard InChI is InChI=1S/C9H6BrNOS/c10-8-6-11-9(13-8)12-7-4-2-1-3-5-7/h1-6H. The Morgan fingerprint density at radius 3 is 2.62 bits per heavy atom. The van der Waals surface area contributed by atoms with Gasteiger partial charge in [-0.15, -0.1) is 0 Å². The van der Waals surface area contributed by atoms with Crippen LogP contribution in [0.4, 0.5) is 0 Å². The summed E-state index contributed by atoms with van der Waals surface area (Å²) in [4.78, 5) is 4.06. The van der Waals surface area contributed by atoms with E-state index in [0.717, 1.165) is 9.54 Å². The van der Waals surface area contributed by atoms with Crippen LogP contribution in [0.15, 0.2) is 40.3 Å². The maximum absolute atomic E-state index is 5.48. The lowest BCUT2D eigenvalue weighted by molar-refractivity contribution is 0.479. The van der Waals surface area contributed by atoms with Crippen LogP contribution in [-0.4, -0.2) is 4.98 Å². The number of ether oxygens (including phenoxy) is 1. The summed E-state index contributed by atoms with van der Waals surface area (Å²) in [5.74, 6) is 0.810. The van der Waals surface area contributed by atoms with E-state index in [4.69, 9.17) is 4.74 Å². The highest BCUT2D eigenvalue weighted by Crippen LogP contribution is 2.29. The van der Waals surface area contributed by atoms with Gasteiger partial charge in [0.1, 0.15) is 5.75 Å². The Labute approximate surface area is 88.3 Å². The molecule has 0 N–H and O–H groups in total. The van der Waals surface area contributed by atoms with E-state index in [2.05, 4.69) is 20.9 Å². The Morgan fingerprint density at radius 2 is 2.00 bits per heavy atom. The second kappa shape index (κ2) is 3.89. The van der Waals surface area contributed by atoms with Gasteiger partial charge in [-0.2, -0.15) is 0 Å². The number of hydrogen-bond donors (Lipinski definition) is 0. The smallest absolute Gasteiger partial charge is 0.279 e. The van der Waals surface area contributed by atoms with Crippen molar-refractivity contribution in [3.8, 4) is 10.9 Å². The molecule has 0 atom stereocenters. The number of benzene rings is 1. The molecule has 13 heavy (non-hydrogen) atoms. The minimum Gasteiger partial charge on any atom is -0.431 e. The normalized spacial score (nSPS) is 9.92. The third kappa shape index (κ3) is 2.29. The van der Waals surface area contributed by atoms with Crippen molar-refractivity contribution in [2.75, 3.05) is 0 Å². The summed E-state index contributed by atoms with van der Waals surface area (Å²) in [6.45, 7) is 0. The van der Waals surface area contributed by atoms with Crippen molar-refractivity contribution in [1.29, 1.82) is 0 Å².